The van der Waals surface area contributed by atoms with Gasteiger partial charge in [-0.15, -0.1) is 0 Å². The number of aromatic amines is 1. The Morgan fingerprint density at radius 2 is 2.00 bits per heavy atom. The molecule has 0 unspecified atom stereocenters. The van der Waals surface area contributed by atoms with Crippen LogP contribution < -0.4 is 10.9 Å². The molecule has 0 aliphatic heterocycles. The van der Waals surface area contributed by atoms with Crippen LogP contribution in [0, 0.1) is 6.57 Å². The highest BCUT2D eigenvalue weighted by Crippen LogP contribution is 2.34. The molecule has 4 rings (SSSR count). The number of anilines is 2. The normalized spacial score (nSPS) is 18.8. The van der Waals surface area contributed by atoms with E-state index in [0.29, 0.717) is 35.4 Å². The molecule has 10 heteroatoms. The van der Waals surface area contributed by atoms with Crippen molar-refractivity contribution in [3.8, 4) is 0 Å². The van der Waals surface area contributed by atoms with E-state index in [0.717, 1.165) is 25.7 Å². The van der Waals surface area contributed by atoms with Crippen LogP contribution in [0.5, 0.6) is 0 Å². The highest BCUT2D eigenvalue weighted by Gasteiger charge is 2.33. The van der Waals surface area contributed by atoms with E-state index in [1.165, 1.54) is 0 Å². The molecule has 0 bridgehead atoms. The molecule has 0 saturated heterocycles. The van der Waals surface area contributed by atoms with Crippen LogP contribution in [-0.2, 0) is 14.6 Å². The van der Waals surface area contributed by atoms with Crippen LogP contribution in [0.3, 0.4) is 0 Å². The average molecular weight is 470 g/mol. The maximum atomic E-state index is 12.6. The molecule has 0 amide bonds. The number of pyridine rings is 1. The second kappa shape index (κ2) is 9.77. The van der Waals surface area contributed by atoms with Gasteiger partial charge in [0, 0.05) is 32.0 Å². The maximum absolute atomic E-state index is 12.6. The quantitative estimate of drug-likeness (QED) is 0.385. The van der Waals surface area contributed by atoms with Crippen LogP contribution in [0.15, 0.2) is 46.2 Å². The molecule has 1 fully saturated rings. The zero-order chi connectivity index (χ0) is 23.4. The van der Waals surface area contributed by atoms with Crippen LogP contribution in [0.4, 0.5) is 11.5 Å². The average Bonchev–Trinajstić information content (AvgIpc) is 3.19. The number of H-pyrrole nitrogens is 1. The highest BCUT2D eigenvalue weighted by molar-refractivity contribution is 7.91. The number of rotatable bonds is 8. The fourth-order valence-corrected chi connectivity index (χ4v) is 5.65. The molecule has 0 radical (unpaired) electrons. The molecule has 1 aromatic carbocycles. The fourth-order valence-electron chi connectivity index (χ4n) is 4.36. The van der Waals surface area contributed by atoms with Crippen molar-refractivity contribution in [2.45, 2.75) is 49.1 Å². The molecule has 174 valence electrons. The second-order valence-corrected chi connectivity index (χ2v) is 10.3. The van der Waals surface area contributed by atoms with Crippen LogP contribution in [0.2, 0.25) is 0 Å². The highest BCUT2D eigenvalue weighted by atomic mass is 32.2. The van der Waals surface area contributed by atoms with E-state index in [4.69, 9.17) is 16.4 Å². The number of ether oxygens (including phenoxy) is 1. The molecule has 2 atom stereocenters. The molecule has 1 saturated carbocycles. The van der Waals surface area contributed by atoms with E-state index in [2.05, 4.69) is 15.1 Å². The summed E-state index contributed by atoms with van der Waals surface area (Å²) in [5, 5.41) is 8.28. The van der Waals surface area contributed by atoms with Gasteiger partial charge in [-0.05, 0) is 49.6 Å². The Kier molecular flexibility index (Phi) is 6.81. The van der Waals surface area contributed by atoms with Gasteiger partial charge in [-0.3, -0.25) is 9.48 Å². The van der Waals surface area contributed by atoms with Gasteiger partial charge in [-0.2, -0.15) is 5.10 Å². The molecule has 0 spiro atoms. The zero-order valence-corrected chi connectivity index (χ0v) is 19.3. The van der Waals surface area contributed by atoms with Gasteiger partial charge in [-0.25, -0.2) is 15.0 Å². The number of nitrogens with zero attached hydrogens (tertiary/aromatic N) is 3. The molecule has 33 heavy (non-hydrogen) atoms. The molecule has 2 heterocycles. The monoisotopic (exact) mass is 469 g/mol. The van der Waals surface area contributed by atoms with Crippen molar-refractivity contribution < 1.29 is 13.2 Å². The number of benzene rings is 1. The molecule has 2 N–H and O–H groups in total. The Labute approximate surface area is 192 Å². The molecule has 9 nitrogen and oxygen atoms in total. The third-order valence-corrected chi connectivity index (χ3v) is 7.86. The first-order valence-corrected chi connectivity index (χ1v) is 12.6. The molecule has 1 aliphatic rings. The van der Waals surface area contributed by atoms with E-state index >= 15 is 0 Å². The lowest BCUT2D eigenvalue weighted by atomic mass is 9.91. The lowest BCUT2D eigenvalue weighted by Gasteiger charge is -2.24. The molecule has 1 aliphatic carbocycles. The Morgan fingerprint density at radius 3 is 2.73 bits per heavy atom. The summed E-state index contributed by atoms with van der Waals surface area (Å²) in [4.78, 5) is 19.4. The number of nitrogens with one attached hydrogen (secondary N) is 2. The summed E-state index contributed by atoms with van der Waals surface area (Å²) in [7, 11) is -1.85. The van der Waals surface area contributed by atoms with Gasteiger partial charge in [0.15, 0.2) is 15.7 Å². The van der Waals surface area contributed by atoms with Crippen molar-refractivity contribution in [3.63, 3.8) is 0 Å². The van der Waals surface area contributed by atoms with Crippen LogP contribution in [0.25, 0.3) is 15.7 Å². The predicted molar refractivity (Wildman–Crippen MR) is 127 cm³/mol. The third kappa shape index (κ3) is 4.79. The first-order chi connectivity index (χ1) is 15.9. The standard InChI is InChI=1S/C23H27N5O4S/c1-24-18-6-3-4-7-19(18)28-20-12-13-25-23(29)21(20)22(27-28)26-16-8-10-17(11-9-16)33(30,31)15-5-14-32-2/h8-13,18-19H,3-7,14-15H2,2H3,(H,25,29)(H,26,27)/t18-,19-/m0/s1. The summed E-state index contributed by atoms with van der Waals surface area (Å²) < 4.78 is 31.7. The maximum Gasteiger partial charge on any atom is 0.261 e. The van der Waals surface area contributed by atoms with Crippen molar-refractivity contribution in [1.82, 2.24) is 14.8 Å². The van der Waals surface area contributed by atoms with Crippen molar-refractivity contribution in [1.29, 1.82) is 0 Å². The van der Waals surface area contributed by atoms with E-state index in [-0.39, 0.29) is 28.3 Å². The predicted octanol–water partition coefficient (Wildman–Crippen LogP) is 3.68. The van der Waals surface area contributed by atoms with Gasteiger partial charge in [0.05, 0.1) is 16.2 Å². The molecule has 2 aromatic heterocycles. The topological polar surface area (TPSA) is 110 Å². The second-order valence-electron chi connectivity index (χ2n) is 8.22. The smallest absolute Gasteiger partial charge is 0.261 e. The minimum absolute atomic E-state index is 0.0155. The Hall–Kier alpha value is -3.16. The zero-order valence-electron chi connectivity index (χ0n) is 18.5. The van der Waals surface area contributed by atoms with Crippen LogP contribution in [0.1, 0.15) is 38.1 Å². The Balaban J connectivity index is 1.64. The lowest BCUT2D eigenvalue weighted by Crippen LogP contribution is -2.26. The van der Waals surface area contributed by atoms with Gasteiger partial charge in [0.1, 0.15) is 11.4 Å². The Morgan fingerprint density at radius 1 is 1.24 bits per heavy atom. The summed E-state index contributed by atoms with van der Waals surface area (Å²) in [5.41, 5.74) is 1.03. The Bertz CT molecular complexity index is 1320. The van der Waals surface area contributed by atoms with Crippen molar-refractivity contribution in [3.05, 3.63) is 58.3 Å². The minimum atomic E-state index is -3.39. The van der Waals surface area contributed by atoms with Crippen molar-refractivity contribution in [2.75, 3.05) is 24.8 Å². The molecular weight excluding hydrogens is 442 g/mol. The summed E-state index contributed by atoms with van der Waals surface area (Å²) in [6.45, 7) is 7.97. The van der Waals surface area contributed by atoms with Gasteiger partial charge < -0.3 is 19.9 Å². The van der Waals surface area contributed by atoms with E-state index in [9.17, 15) is 13.2 Å². The number of sulfone groups is 1. The van der Waals surface area contributed by atoms with E-state index < -0.39 is 9.84 Å². The lowest BCUT2D eigenvalue weighted by molar-refractivity contribution is 0.199. The van der Waals surface area contributed by atoms with Gasteiger partial charge >= 0.3 is 0 Å². The number of hydrogen-bond acceptors (Lipinski definition) is 6. The SMILES string of the molecule is [C-]#[N+][C@H]1CCCC[C@@H]1n1nc(Nc2ccc(S(=O)(=O)CCCOC)cc2)c2c(=O)[nH]ccc21. The largest absolute Gasteiger partial charge is 0.385 e. The fraction of sp³-hybridized carbons (Fsp3) is 0.435. The molecular formula is C23H27N5O4S. The number of methoxy groups -OCH3 is 1. The number of hydrogen-bond donors (Lipinski definition) is 2. The summed E-state index contributed by atoms with van der Waals surface area (Å²) in [6.07, 6.45) is 5.72. The first kappa shape index (κ1) is 23.0. The van der Waals surface area contributed by atoms with Gasteiger partial charge in [0.2, 0.25) is 6.04 Å². The number of fused-ring (bicyclic) bond motifs is 1. The van der Waals surface area contributed by atoms with Crippen molar-refractivity contribution >= 4 is 32.2 Å². The summed E-state index contributed by atoms with van der Waals surface area (Å²) >= 11 is 0. The van der Waals surface area contributed by atoms with Crippen LogP contribution in [-0.4, -0.2) is 48.7 Å². The summed E-state index contributed by atoms with van der Waals surface area (Å²) in [5.74, 6) is 0.401. The van der Waals surface area contributed by atoms with Crippen LogP contribution >= 0.6 is 0 Å². The van der Waals surface area contributed by atoms with E-state index in [1.54, 1.807) is 43.6 Å². The minimum Gasteiger partial charge on any atom is -0.385 e. The first-order valence-electron chi connectivity index (χ1n) is 11.0. The van der Waals surface area contributed by atoms with Gasteiger partial charge in [-0.1, -0.05) is 6.42 Å². The van der Waals surface area contributed by atoms with Crippen molar-refractivity contribution in [2.24, 2.45) is 0 Å². The van der Waals surface area contributed by atoms with Gasteiger partial charge in [0.25, 0.3) is 5.56 Å². The number of aromatic nitrogens is 3. The summed E-state index contributed by atoms with van der Waals surface area (Å²) in [6, 6.07) is 7.96. The third-order valence-electron chi connectivity index (χ3n) is 6.04. The molecule has 3 aromatic rings. The van der Waals surface area contributed by atoms with E-state index in [1.807, 2.05) is 4.68 Å².